The molecule has 3 nitrogen and oxygen atoms in total. The van der Waals surface area contributed by atoms with Gasteiger partial charge in [0.2, 0.25) is 0 Å². The van der Waals surface area contributed by atoms with Gasteiger partial charge in [0.05, 0.1) is 12.3 Å². The van der Waals surface area contributed by atoms with E-state index in [1.54, 1.807) is 6.20 Å². The summed E-state index contributed by atoms with van der Waals surface area (Å²) in [6.45, 7) is 4.17. The van der Waals surface area contributed by atoms with E-state index >= 15 is 0 Å². The maximum absolute atomic E-state index is 9.87. The van der Waals surface area contributed by atoms with Crippen molar-refractivity contribution in [2.75, 3.05) is 0 Å². The lowest BCUT2D eigenvalue weighted by Gasteiger charge is -2.07. The number of hydrogen-bond donors (Lipinski definition) is 1. The van der Waals surface area contributed by atoms with Crippen LogP contribution in [0.2, 0.25) is 0 Å². The van der Waals surface area contributed by atoms with E-state index in [1.807, 2.05) is 10.9 Å². The van der Waals surface area contributed by atoms with Crippen LogP contribution in [-0.4, -0.2) is 14.9 Å². The highest BCUT2D eigenvalue weighted by Gasteiger charge is 2.25. The summed E-state index contributed by atoms with van der Waals surface area (Å²) in [4.78, 5) is 0. The van der Waals surface area contributed by atoms with Crippen molar-refractivity contribution in [1.82, 2.24) is 9.78 Å². The molecule has 0 saturated heterocycles. The molecule has 1 unspecified atom stereocenters. The number of nitrogens with zero attached hydrogens (tertiary/aromatic N) is 2. The molecule has 0 radical (unpaired) electrons. The third-order valence-electron chi connectivity index (χ3n) is 2.79. The van der Waals surface area contributed by atoms with E-state index in [0.29, 0.717) is 6.04 Å². The Morgan fingerprint density at radius 3 is 2.79 bits per heavy atom. The summed E-state index contributed by atoms with van der Waals surface area (Å²) in [5, 5.41) is 14.1. The molecule has 1 aromatic heterocycles. The number of hydrogen-bond acceptors (Lipinski definition) is 2. The van der Waals surface area contributed by atoms with Crippen molar-refractivity contribution in [3.05, 3.63) is 18.0 Å². The molecule has 3 heteroatoms. The van der Waals surface area contributed by atoms with Crippen molar-refractivity contribution < 1.29 is 5.11 Å². The van der Waals surface area contributed by atoms with E-state index in [9.17, 15) is 5.11 Å². The number of rotatable bonds is 4. The molecule has 1 atom stereocenters. The van der Waals surface area contributed by atoms with Crippen LogP contribution < -0.4 is 0 Å². The zero-order chi connectivity index (χ0) is 10.1. The molecule has 1 aliphatic rings. The van der Waals surface area contributed by atoms with Crippen molar-refractivity contribution in [1.29, 1.82) is 0 Å². The summed E-state index contributed by atoms with van der Waals surface area (Å²) in [5.41, 5.74) is 0.964. The van der Waals surface area contributed by atoms with E-state index < -0.39 is 0 Å². The minimum absolute atomic E-state index is 0.310. The van der Waals surface area contributed by atoms with Gasteiger partial charge in [0.1, 0.15) is 0 Å². The Kier molecular flexibility index (Phi) is 2.59. The van der Waals surface area contributed by atoms with Gasteiger partial charge >= 0.3 is 0 Å². The Labute approximate surface area is 84.7 Å². The zero-order valence-electron chi connectivity index (χ0n) is 8.85. The average molecular weight is 194 g/mol. The highest BCUT2D eigenvalue weighted by atomic mass is 16.3. The van der Waals surface area contributed by atoms with Crippen molar-refractivity contribution in [3.8, 4) is 0 Å². The smallest absolute Gasteiger partial charge is 0.0823 e. The quantitative estimate of drug-likeness (QED) is 0.798. The highest BCUT2D eigenvalue weighted by molar-refractivity contribution is 5.09. The molecule has 2 rings (SSSR count). The van der Waals surface area contributed by atoms with Gasteiger partial charge in [-0.15, -0.1) is 0 Å². The van der Waals surface area contributed by atoms with Gasteiger partial charge in [-0.25, -0.2) is 0 Å². The Hall–Kier alpha value is -0.830. The Bertz CT molecular complexity index is 302. The van der Waals surface area contributed by atoms with Crippen LogP contribution >= 0.6 is 0 Å². The van der Waals surface area contributed by atoms with Gasteiger partial charge in [-0.05, 0) is 26.2 Å². The molecule has 0 amide bonds. The first-order valence-electron chi connectivity index (χ1n) is 5.39. The van der Waals surface area contributed by atoms with Gasteiger partial charge < -0.3 is 5.11 Å². The van der Waals surface area contributed by atoms with E-state index in [4.69, 9.17) is 0 Å². The molecule has 78 valence electrons. The number of aliphatic hydroxyl groups is 1. The first-order valence-corrected chi connectivity index (χ1v) is 5.39. The monoisotopic (exact) mass is 194 g/mol. The molecule has 1 aromatic rings. The summed E-state index contributed by atoms with van der Waals surface area (Å²) in [6, 6.07) is 0.372. The Balaban J connectivity index is 1.99. The summed E-state index contributed by atoms with van der Waals surface area (Å²) >= 11 is 0. The maximum Gasteiger partial charge on any atom is 0.0823 e. The fourth-order valence-electron chi connectivity index (χ4n) is 1.61. The minimum Gasteiger partial charge on any atom is -0.388 e. The molecule has 0 bridgehead atoms. The summed E-state index contributed by atoms with van der Waals surface area (Å²) < 4.78 is 1.89. The second-order valence-corrected chi connectivity index (χ2v) is 4.54. The fourth-order valence-corrected chi connectivity index (χ4v) is 1.61. The predicted octanol–water partition coefficient (Wildman–Crippen LogP) is 2.30. The van der Waals surface area contributed by atoms with Crippen molar-refractivity contribution in [2.45, 2.75) is 45.3 Å². The van der Waals surface area contributed by atoms with Gasteiger partial charge in [-0.1, -0.05) is 12.8 Å². The van der Waals surface area contributed by atoms with E-state index in [0.717, 1.165) is 17.9 Å². The first kappa shape index (κ1) is 9.71. The third-order valence-corrected chi connectivity index (χ3v) is 2.79. The molecule has 0 aliphatic heterocycles. The van der Waals surface area contributed by atoms with Crippen LogP contribution in [0.15, 0.2) is 12.4 Å². The molecule has 1 fully saturated rings. The maximum atomic E-state index is 9.87. The molecular formula is C11H18N2O. The van der Waals surface area contributed by atoms with Crippen LogP contribution in [0.25, 0.3) is 0 Å². The molecular weight excluding hydrogens is 176 g/mol. The summed E-state index contributed by atoms with van der Waals surface area (Å²) in [6.07, 6.45) is 6.91. The first-order chi connectivity index (χ1) is 6.66. The third kappa shape index (κ3) is 2.15. The SMILES string of the molecule is CC(C)n1cc(C(O)CC2CC2)cn1. The Morgan fingerprint density at radius 1 is 1.57 bits per heavy atom. The lowest BCUT2D eigenvalue weighted by molar-refractivity contribution is 0.160. The largest absolute Gasteiger partial charge is 0.388 e. The summed E-state index contributed by atoms with van der Waals surface area (Å²) in [5.74, 6) is 0.757. The number of aliphatic hydroxyl groups excluding tert-OH is 1. The molecule has 14 heavy (non-hydrogen) atoms. The van der Waals surface area contributed by atoms with Crippen LogP contribution in [0.1, 0.15) is 50.8 Å². The van der Waals surface area contributed by atoms with Crippen LogP contribution in [0.4, 0.5) is 0 Å². The lowest BCUT2D eigenvalue weighted by Crippen LogP contribution is -2.01. The standard InChI is InChI=1S/C11H18N2O/c1-8(2)13-7-10(6-12-13)11(14)5-9-3-4-9/h6-9,11,14H,3-5H2,1-2H3. The molecule has 1 heterocycles. The van der Waals surface area contributed by atoms with E-state index in [-0.39, 0.29) is 6.10 Å². The van der Waals surface area contributed by atoms with Gasteiger partial charge in [0, 0.05) is 17.8 Å². The minimum atomic E-state index is -0.310. The number of aromatic nitrogens is 2. The second kappa shape index (κ2) is 3.73. The zero-order valence-corrected chi connectivity index (χ0v) is 8.85. The van der Waals surface area contributed by atoms with Crippen LogP contribution in [0.5, 0.6) is 0 Å². The second-order valence-electron chi connectivity index (χ2n) is 4.54. The van der Waals surface area contributed by atoms with E-state index in [2.05, 4.69) is 18.9 Å². The average Bonchev–Trinajstić information content (AvgIpc) is 2.81. The normalized spacial score (nSPS) is 18.9. The van der Waals surface area contributed by atoms with Crippen molar-refractivity contribution in [2.24, 2.45) is 5.92 Å². The van der Waals surface area contributed by atoms with Crippen LogP contribution in [0.3, 0.4) is 0 Å². The van der Waals surface area contributed by atoms with Crippen LogP contribution in [-0.2, 0) is 0 Å². The molecule has 0 aromatic carbocycles. The molecule has 1 N–H and O–H groups in total. The molecule has 0 spiro atoms. The van der Waals surface area contributed by atoms with E-state index in [1.165, 1.54) is 12.8 Å². The van der Waals surface area contributed by atoms with Crippen LogP contribution in [0, 0.1) is 5.92 Å². The van der Waals surface area contributed by atoms with Gasteiger partial charge in [0.25, 0.3) is 0 Å². The molecule has 1 aliphatic carbocycles. The van der Waals surface area contributed by atoms with Gasteiger partial charge in [0.15, 0.2) is 0 Å². The lowest BCUT2D eigenvalue weighted by atomic mass is 10.1. The topological polar surface area (TPSA) is 38.0 Å². The van der Waals surface area contributed by atoms with Crippen molar-refractivity contribution >= 4 is 0 Å². The van der Waals surface area contributed by atoms with Crippen molar-refractivity contribution in [3.63, 3.8) is 0 Å². The van der Waals surface area contributed by atoms with Gasteiger partial charge in [-0.2, -0.15) is 5.10 Å². The highest BCUT2D eigenvalue weighted by Crippen LogP contribution is 2.37. The van der Waals surface area contributed by atoms with Gasteiger partial charge in [-0.3, -0.25) is 4.68 Å². The Morgan fingerprint density at radius 2 is 2.29 bits per heavy atom. The fraction of sp³-hybridized carbons (Fsp3) is 0.727. The molecule has 1 saturated carbocycles. The predicted molar refractivity (Wildman–Crippen MR) is 54.9 cm³/mol. The summed E-state index contributed by atoms with van der Waals surface area (Å²) in [7, 11) is 0.